The van der Waals surface area contributed by atoms with E-state index in [1.807, 2.05) is 45.2 Å². The van der Waals surface area contributed by atoms with E-state index in [-0.39, 0.29) is 23.7 Å². The van der Waals surface area contributed by atoms with Crippen LogP contribution in [0.3, 0.4) is 0 Å². The molecule has 4 N–H and O–H groups in total. The summed E-state index contributed by atoms with van der Waals surface area (Å²) in [6.07, 6.45) is -0.0389. The van der Waals surface area contributed by atoms with E-state index < -0.39 is 5.91 Å². The molecular weight excluding hydrogens is 504 g/mol. The Morgan fingerprint density at radius 3 is 1.95 bits per heavy atom. The van der Waals surface area contributed by atoms with Crippen molar-refractivity contribution in [2.45, 2.75) is 6.42 Å². The molecule has 0 aliphatic carbocycles. The number of nitrogen functional groups attached to an aromatic ring is 1. The highest BCUT2D eigenvalue weighted by Crippen LogP contribution is 2.13. The monoisotopic (exact) mass is 516 g/mol. The molecule has 0 heterocycles. The van der Waals surface area contributed by atoms with Gasteiger partial charge in [-0.2, -0.15) is 0 Å². The second kappa shape index (κ2) is 8.47. The molecule has 0 saturated carbocycles. The number of benzene rings is 2. The Kier molecular flexibility index (Phi) is 7.29. The molecule has 0 spiro atoms. The highest BCUT2D eigenvalue weighted by Gasteiger charge is 2.04. The highest BCUT2D eigenvalue weighted by atomic mass is 127. The molecule has 0 radical (unpaired) electrons. The fraction of sp³-hybridized carbons (Fsp3) is 0.0714. The van der Waals surface area contributed by atoms with Crippen LogP contribution in [-0.4, -0.2) is 5.91 Å². The first-order chi connectivity index (χ1) is 9.79. The normalized spacial score (nSPS) is 9.71. The van der Waals surface area contributed by atoms with Gasteiger partial charge in [-0.3, -0.25) is 4.79 Å². The molecule has 0 aromatic heterocycles. The van der Waals surface area contributed by atoms with E-state index in [9.17, 15) is 13.6 Å². The number of nitrogens with two attached hydrogens (primary N) is 2. The van der Waals surface area contributed by atoms with Gasteiger partial charge in [0.05, 0.1) is 12.1 Å². The lowest BCUT2D eigenvalue weighted by atomic mass is 10.1. The predicted octanol–water partition coefficient (Wildman–Crippen LogP) is 3.47. The fourth-order valence-electron chi connectivity index (χ4n) is 1.35. The Bertz CT molecular complexity index is 651. The van der Waals surface area contributed by atoms with Gasteiger partial charge in [0.2, 0.25) is 5.91 Å². The van der Waals surface area contributed by atoms with Gasteiger partial charge in [-0.25, -0.2) is 8.78 Å². The zero-order chi connectivity index (χ0) is 16.0. The minimum absolute atomic E-state index is 0.0389. The Hall–Kier alpha value is -0.970. The summed E-state index contributed by atoms with van der Waals surface area (Å²) < 4.78 is 27.1. The van der Waals surface area contributed by atoms with Crippen LogP contribution in [0.15, 0.2) is 36.4 Å². The van der Waals surface area contributed by atoms with Gasteiger partial charge < -0.3 is 11.5 Å². The van der Waals surface area contributed by atoms with Crippen molar-refractivity contribution < 1.29 is 13.6 Å². The van der Waals surface area contributed by atoms with Crippen molar-refractivity contribution in [3.8, 4) is 0 Å². The van der Waals surface area contributed by atoms with Crippen molar-refractivity contribution in [1.82, 2.24) is 0 Å². The molecule has 1 amide bonds. The number of amides is 1. The van der Waals surface area contributed by atoms with Crippen LogP contribution in [0.4, 0.5) is 14.5 Å². The fourth-order valence-corrected chi connectivity index (χ4v) is 2.26. The van der Waals surface area contributed by atoms with Gasteiger partial charge in [-0.15, -0.1) is 0 Å². The van der Waals surface area contributed by atoms with E-state index >= 15 is 0 Å². The molecule has 0 bridgehead atoms. The zero-order valence-electron chi connectivity index (χ0n) is 10.7. The number of carbonyl (C=O) groups excluding carboxylic acids is 1. The molecule has 0 aliphatic heterocycles. The van der Waals surface area contributed by atoms with E-state index in [1.165, 1.54) is 12.1 Å². The van der Waals surface area contributed by atoms with Gasteiger partial charge in [-0.1, -0.05) is 6.07 Å². The van der Waals surface area contributed by atoms with Gasteiger partial charge in [0.25, 0.3) is 0 Å². The number of hydrogen-bond donors (Lipinski definition) is 2. The van der Waals surface area contributed by atoms with E-state index in [1.54, 1.807) is 24.3 Å². The van der Waals surface area contributed by atoms with E-state index in [0.717, 1.165) is 7.14 Å². The molecule has 0 atom stereocenters. The van der Waals surface area contributed by atoms with Crippen LogP contribution in [-0.2, 0) is 11.2 Å². The zero-order valence-corrected chi connectivity index (χ0v) is 15.1. The van der Waals surface area contributed by atoms with E-state index in [2.05, 4.69) is 0 Å². The first-order valence-electron chi connectivity index (χ1n) is 5.72. The van der Waals surface area contributed by atoms with Crippen LogP contribution in [0.5, 0.6) is 0 Å². The van der Waals surface area contributed by atoms with Crippen LogP contribution in [0.25, 0.3) is 0 Å². The Morgan fingerprint density at radius 2 is 1.52 bits per heavy atom. The van der Waals surface area contributed by atoms with Crippen LogP contribution in [0.2, 0.25) is 0 Å². The Balaban J connectivity index is 0.000000219. The summed E-state index contributed by atoms with van der Waals surface area (Å²) in [6.45, 7) is 0. The van der Waals surface area contributed by atoms with E-state index in [4.69, 9.17) is 11.5 Å². The molecule has 112 valence electrons. The lowest BCUT2D eigenvalue weighted by Gasteiger charge is -1.99. The molecular formula is C14H12F2I2N2O. The average molecular weight is 516 g/mol. The molecule has 0 fully saturated rings. The van der Waals surface area contributed by atoms with Crippen LogP contribution in [0, 0.1) is 18.8 Å². The largest absolute Gasteiger partial charge is 0.396 e. The smallest absolute Gasteiger partial charge is 0.221 e. The van der Waals surface area contributed by atoms with Crippen LogP contribution >= 0.6 is 45.2 Å². The average Bonchev–Trinajstić information content (AvgIpc) is 2.38. The first-order valence-corrected chi connectivity index (χ1v) is 7.88. The van der Waals surface area contributed by atoms with Crippen molar-refractivity contribution in [3.63, 3.8) is 0 Å². The molecule has 0 aliphatic rings. The van der Waals surface area contributed by atoms with Gasteiger partial charge in [-0.05, 0) is 81.1 Å². The number of rotatable bonds is 2. The summed E-state index contributed by atoms with van der Waals surface area (Å²) in [7, 11) is 0. The van der Waals surface area contributed by atoms with Crippen molar-refractivity contribution in [2.75, 3.05) is 5.73 Å². The standard InChI is InChI=1S/C8H7FINO.C6H5FIN/c9-7-4-6(10)2-1-5(7)3-8(11)12;7-5-3-4(8)1-2-6(5)9/h1-2,4H,3H2,(H2,11,12);1-3H,9H2. The van der Waals surface area contributed by atoms with Gasteiger partial charge in [0, 0.05) is 7.14 Å². The number of halogens is 4. The minimum Gasteiger partial charge on any atom is -0.396 e. The maximum atomic E-state index is 13.0. The molecule has 7 heteroatoms. The van der Waals surface area contributed by atoms with Crippen LogP contribution < -0.4 is 11.5 Å². The minimum atomic E-state index is -0.518. The van der Waals surface area contributed by atoms with Gasteiger partial charge in [0.1, 0.15) is 11.6 Å². The number of carbonyl (C=O) groups is 1. The van der Waals surface area contributed by atoms with Gasteiger partial charge in [0.15, 0.2) is 0 Å². The third kappa shape index (κ3) is 6.55. The second-order valence-electron chi connectivity index (χ2n) is 4.04. The summed E-state index contributed by atoms with van der Waals surface area (Å²) in [6, 6.07) is 9.40. The first kappa shape index (κ1) is 18.1. The third-order valence-corrected chi connectivity index (χ3v) is 3.68. The van der Waals surface area contributed by atoms with Crippen molar-refractivity contribution in [2.24, 2.45) is 5.73 Å². The molecule has 2 rings (SSSR count). The van der Waals surface area contributed by atoms with Gasteiger partial charge >= 0.3 is 0 Å². The number of anilines is 1. The van der Waals surface area contributed by atoms with Crippen molar-refractivity contribution in [3.05, 3.63) is 60.7 Å². The number of primary amides is 1. The molecule has 0 unspecified atom stereocenters. The molecule has 21 heavy (non-hydrogen) atoms. The SMILES string of the molecule is NC(=O)Cc1ccc(I)cc1F.Nc1ccc(I)cc1F. The molecule has 2 aromatic carbocycles. The van der Waals surface area contributed by atoms with Crippen LogP contribution in [0.1, 0.15) is 5.56 Å². The lowest BCUT2D eigenvalue weighted by Crippen LogP contribution is -2.14. The predicted molar refractivity (Wildman–Crippen MR) is 95.5 cm³/mol. The van der Waals surface area contributed by atoms with Crippen molar-refractivity contribution in [1.29, 1.82) is 0 Å². The topological polar surface area (TPSA) is 69.1 Å². The molecule has 3 nitrogen and oxygen atoms in total. The number of hydrogen-bond acceptors (Lipinski definition) is 2. The highest BCUT2D eigenvalue weighted by molar-refractivity contribution is 14.1. The third-order valence-electron chi connectivity index (χ3n) is 2.34. The Labute approximate surface area is 148 Å². The second-order valence-corrected chi connectivity index (χ2v) is 6.54. The Morgan fingerprint density at radius 1 is 1.00 bits per heavy atom. The maximum Gasteiger partial charge on any atom is 0.221 e. The summed E-state index contributed by atoms with van der Waals surface area (Å²) >= 11 is 4.03. The summed E-state index contributed by atoms with van der Waals surface area (Å²) in [5, 5.41) is 0. The summed E-state index contributed by atoms with van der Waals surface area (Å²) in [4.78, 5) is 10.5. The summed E-state index contributed by atoms with van der Waals surface area (Å²) in [5.41, 5.74) is 10.7. The van der Waals surface area contributed by atoms with E-state index in [0.29, 0.717) is 5.56 Å². The quantitative estimate of drug-likeness (QED) is 0.475. The maximum absolute atomic E-state index is 13.0. The molecule has 2 aromatic rings. The molecule has 0 saturated heterocycles. The van der Waals surface area contributed by atoms with Crippen molar-refractivity contribution >= 4 is 56.8 Å². The summed E-state index contributed by atoms with van der Waals surface area (Å²) in [5.74, 6) is -1.24. The lowest BCUT2D eigenvalue weighted by molar-refractivity contribution is -0.117.